The van der Waals surface area contributed by atoms with Crippen LogP contribution in [0, 0.1) is 6.92 Å². The number of imidazole rings is 2. The van der Waals surface area contributed by atoms with Crippen LogP contribution in [-0.2, 0) is 32.6 Å². The molecule has 3 amide bonds. The van der Waals surface area contributed by atoms with Crippen LogP contribution in [0.25, 0.3) is 22.1 Å². The molecule has 0 bridgehead atoms. The van der Waals surface area contributed by atoms with Crippen LogP contribution in [0.5, 0.6) is 11.5 Å². The first-order valence-corrected chi connectivity index (χ1v) is 20.9. The first kappa shape index (κ1) is 41.9. The van der Waals surface area contributed by atoms with Gasteiger partial charge in [-0.1, -0.05) is 19.1 Å². The molecule has 0 unspecified atom stereocenters. The molecule has 0 aliphatic carbocycles. The number of anilines is 2. The van der Waals surface area contributed by atoms with Crippen LogP contribution in [0.15, 0.2) is 40.8 Å². The van der Waals surface area contributed by atoms with Crippen LogP contribution in [0.1, 0.15) is 86.6 Å². The monoisotopic (exact) mass is 848 g/mol. The lowest BCUT2D eigenvalue weighted by Crippen LogP contribution is -2.36. The van der Waals surface area contributed by atoms with Gasteiger partial charge in [-0.2, -0.15) is 0 Å². The summed E-state index contributed by atoms with van der Waals surface area (Å²) in [5.74, 6) is 2.90. The molecule has 326 valence electrons. The minimum atomic E-state index is -0.648. The number of nitrogens with zero attached hydrogens (tertiary/aromatic N) is 9. The normalized spacial score (nSPS) is 14.8. The number of hydrogen-bond acceptors (Lipinski definition) is 14. The summed E-state index contributed by atoms with van der Waals surface area (Å²) in [4.78, 5) is 54.3. The van der Waals surface area contributed by atoms with E-state index in [0.717, 1.165) is 70.2 Å². The van der Waals surface area contributed by atoms with Gasteiger partial charge in [0, 0.05) is 63.2 Å². The predicted molar refractivity (Wildman–Crippen MR) is 231 cm³/mol. The van der Waals surface area contributed by atoms with Crippen molar-refractivity contribution in [1.82, 2.24) is 49.1 Å². The molecular weight excluding hydrogens is 797 g/mol. The molecule has 8 rings (SSSR count). The Hall–Kier alpha value is -6.80. The Morgan fingerprint density at radius 2 is 1.58 bits per heavy atom. The third-order valence-electron chi connectivity index (χ3n) is 11.4. The van der Waals surface area contributed by atoms with Gasteiger partial charge in [-0.25, -0.2) is 15.0 Å². The number of methoxy groups -OCH3 is 1. The van der Waals surface area contributed by atoms with E-state index in [9.17, 15) is 14.4 Å². The van der Waals surface area contributed by atoms with E-state index in [1.165, 1.54) is 13.2 Å². The lowest BCUT2D eigenvalue weighted by atomic mass is 9.95. The number of rotatable bonds is 17. The van der Waals surface area contributed by atoms with Crippen LogP contribution in [0.3, 0.4) is 0 Å². The molecule has 0 atom stereocenters. The molecule has 2 aliphatic heterocycles. The van der Waals surface area contributed by atoms with Crippen molar-refractivity contribution in [3.63, 3.8) is 0 Å². The highest BCUT2D eigenvalue weighted by Gasteiger charge is 2.28. The zero-order valence-corrected chi connectivity index (χ0v) is 35.4. The van der Waals surface area contributed by atoms with Gasteiger partial charge in [0.1, 0.15) is 34.2 Å². The standard InChI is InChI=1S/C42H52N14O6/c1-5-33-47-24(2)36(62-33)40(59)50-42-49-28-19-26(37(43)57)21-30(60-4)34(28)56(42)14-7-6-13-55-35-29(48-41(55)45-3)20-27(38(44)58)22-31(35)61-18-8-12-53-15-9-25(10-16-53)39-52-51-32-23-46-11-17-54(32)39/h6-7,19-22,25,46H,5,8-18,23H2,1-4H3,(H2,43,57)(H2,44,58)(H,45,48)(H,49,50,59)/b7-6+. The molecule has 6 aromatic rings. The molecule has 20 nitrogen and oxygen atoms in total. The summed E-state index contributed by atoms with van der Waals surface area (Å²) in [5, 5.41) is 18.3. The summed E-state index contributed by atoms with van der Waals surface area (Å²) < 4.78 is 23.8. The van der Waals surface area contributed by atoms with Crippen LogP contribution in [-0.4, -0.2) is 108 Å². The first-order valence-electron chi connectivity index (χ1n) is 20.9. The van der Waals surface area contributed by atoms with Crippen molar-refractivity contribution in [1.29, 1.82) is 0 Å². The molecule has 62 heavy (non-hydrogen) atoms. The smallest absolute Gasteiger partial charge is 0.295 e. The van der Waals surface area contributed by atoms with E-state index in [2.05, 4.69) is 45.6 Å². The fourth-order valence-electron chi connectivity index (χ4n) is 8.29. The van der Waals surface area contributed by atoms with Crippen molar-refractivity contribution in [2.75, 3.05) is 57.6 Å². The van der Waals surface area contributed by atoms with E-state index < -0.39 is 17.7 Å². The first-order chi connectivity index (χ1) is 30.1. The molecule has 20 heteroatoms. The maximum absolute atomic E-state index is 13.5. The summed E-state index contributed by atoms with van der Waals surface area (Å²) in [7, 11) is 3.25. The Balaban J connectivity index is 0.990. The summed E-state index contributed by atoms with van der Waals surface area (Å²) in [6.45, 7) is 10.0. The van der Waals surface area contributed by atoms with Crippen molar-refractivity contribution >= 4 is 51.7 Å². The number of primary amides is 2. The average molecular weight is 849 g/mol. The molecule has 6 heterocycles. The minimum absolute atomic E-state index is 0.0740. The number of nitrogens with one attached hydrogen (secondary N) is 3. The van der Waals surface area contributed by atoms with E-state index in [0.29, 0.717) is 82.2 Å². The number of likely N-dealkylation sites (tertiary alicyclic amines) is 1. The van der Waals surface area contributed by atoms with E-state index in [4.69, 9.17) is 30.3 Å². The van der Waals surface area contributed by atoms with Crippen molar-refractivity contribution in [3.05, 3.63) is 76.5 Å². The molecule has 0 saturated carbocycles. The molecule has 7 N–H and O–H groups in total. The number of allylic oxidation sites excluding steroid dienone is 2. The zero-order chi connectivity index (χ0) is 43.5. The highest BCUT2D eigenvalue weighted by atomic mass is 16.5. The third-order valence-corrected chi connectivity index (χ3v) is 11.4. The number of carbonyl (C=O) groups excluding carboxylic acids is 3. The fourth-order valence-corrected chi connectivity index (χ4v) is 8.29. The van der Waals surface area contributed by atoms with E-state index in [-0.39, 0.29) is 23.8 Å². The second-order valence-corrected chi connectivity index (χ2v) is 15.4. The van der Waals surface area contributed by atoms with Gasteiger partial charge in [-0.15, -0.1) is 10.2 Å². The SMILES string of the molecule is CCc1nc(C)c(C(=O)Nc2nc3cc(C(N)=O)cc(OC)c3n2C/C=C/Cn2c(NC)nc3cc(C(N)=O)cc(OCCCN4CCC(c5nnc6n5CCNC6)CC4)c32)o1. The Morgan fingerprint density at radius 3 is 2.23 bits per heavy atom. The van der Waals surface area contributed by atoms with Gasteiger partial charge in [0.25, 0.3) is 5.91 Å². The highest BCUT2D eigenvalue weighted by molar-refractivity contribution is 6.04. The topological polar surface area (TPSA) is 253 Å². The molecule has 4 aromatic heterocycles. The fraction of sp³-hybridized carbons (Fsp3) is 0.429. The Bertz CT molecular complexity index is 2670. The number of nitrogens with two attached hydrogens (primary N) is 2. The van der Waals surface area contributed by atoms with Gasteiger partial charge in [-0.3, -0.25) is 19.7 Å². The van der Waals surface area contributed by atoms with Gasteiger partial charge in [0.05, 0.1) is 37.0 Å². The second-order valence-electron chi connectivity index (χ2n) is 15.4. The van der Waals surface area contributed by atoms with E-state index in [1.54, 1.807) is 36.7 Å². The Kier molecular flexibility index (Phi) is 12.2. The number of hydrogen-bond donors (Lipinski definition) is 5. The zero-order valence-electron chi connectivity index (χ0n) is 35.4. The number of fused-ring (bicyclic) bond motifs is 3. The number of benzene rings is 2. The summed E-state index contributed by atoms with van der Waals surface area (Å²) in [5.41, 5.74) is 14.5. The molecule has 1 saturated heterocycles. The predicted octanol–water partition coefficient (Wildman–Crippen LogP) is 3.34. The molecule has 0 radical (unpaired) electrons. The lowest BCUT2D eigenvalue weighted by Gasteiger charge is -2.32. The number of ether oxygens (including phenoxy) is 2. The third kappa shape index (κ3) is 8.42. The average Bonchev–Trinajstić information content (AvgIpc) is 4.06. The van der Waals surface area contributed by atoms with Gasteiger partial charge >= 0.3 is 0 Å². The van der Waals surface area contributed by atoms with Crippen LogP contribution >= 0.6 is 0 Å². The van der Waals surface area contributed by atoms with Gasteiger partial charge in [-0.05, 0) is 63.5 Å². The van der Waals surface area contributed by atoms with Crippen LogP contribution in [0.4, 0.5) is 11.9 Å². The highest BCUT2D eigenvalue weighted by Crippen LogP contribution is 2.33. The molecular formula is C42H52N14O6. The number of carbonyl (C=O) groups is 3. The van der Waals surface area contributed by atoms with Crippen LogP contribution < -0.4 is 36.9 Å². The quantitative estimate of drug-likeness (QED) is 0.0652. The maximum atomic E-state index is 13.5. The molecule has 1 fully saturated rings. The Labute approximate surface area is 357 Å². The van der Waals surface area contributed by atoms with Gasteiger partial charge in [0.2, 0.25) is 29.5 Å². The summed E-state index contributed by atoms with van der Waals surface area (Å²) in [6.07, 6.45) is 7.23. The van der Waals surface area contributed by atoms with E-state index >= 15 is 0 Å². The maximum Gasteiger partial charge on any atom is 0.295 e. The van der Waals surface area contributed by atoms with Crippen molar-refractivity contribution in [2.45, 2.75) is 71.6 Å². The lowest BCUT2D eigenvalue weighted by molar-refractivity contribution is 0.0987. The molecule has 0 spiro atoms. The number of aromatic nitrogens is 8. The molecule has 2 aromatic carbocycles. The molecule has 2 aliphatic rings. The van der Waals surface area contributed by atoms with Crippen molar-refractivity contribution in [2.24, 2.45) is 11.5 Å². The summed E-state index contributed by atoms with van der Waals surface area (Å²) in [6, 6.07) is 6.43. The largest absolute Gasteiger partial charge is 0.494 e. The van der Waals surface area contributed by atoms with Crippen molar-refractivity contribution in [3.8, 4) is 11.5 Å². The summed E-state index contributed by atoms with van der Waals surface area (Å²) >= 11 is 0. The number of oxazole rings is 1. The number of aryl methyl sites for hydroxylation is 2. The minimum Gasteiger partial charge on any atom is -0.494 e. The van der Waals surface area contributed by atoms with Crippen LogP contribution in [0.2, 0.25) is 0 Å². The Morgan fingerprint density at radius 1 is 0.919 bits per heavy atom. The number of piperidine rings is 1. The van der Waals surface area contributed by atoms with Crippen molar-refractivity contribution < 1.29 is 28.3 Å². The van der Waals surface area contributed by atoms with Gasteiger partial charge < -0.3 is 54.6 Å². The van der Waals surface area contributed by atoms with E-state index in [1.807, 2.05) is 23.6 Å². The second kappa shape index (κ2) is 18.0. The number of amides is 3. The van der Waals surface area contributed by atoms with Gasteiger partial charge in [0.15, 0.2) is 5.89 Å².